The van der Waals surface area contributed by atoms with Crippen LogP contribution in [0, 0.1) is 30.9 Å². The van der Waals surface area contributed by atoms with E-state index in [2.05, 4.69) is 31.3 Å². The van der Waals surface area contributed by atoms with Gasteiger partial charge < -0.3 is 19.2 Å². The van der Waals surface area contributed by atoms with E-state index >= 15 is 0 Å². The molecule has 1 amide bonds. The van der Waals surface area contributed by atoms with E-state index in [4.69, 9.17) is 13.9 Å². The Bertz CT molecular complexity index is 1810. The minimum Gasteiger partial charge on any atom is -0.486 e. The number of aryl methyl sites for hydroxylation is 2. The van der Waals surface area contributed by atoms with E-state index in [1.807, 2.05) is 75.4 Å². The van der Waals surface area contributed by atoms with E-state index in [-0.39, 0.29) is 34.9 Å². The number of non-ortho nitro benzene ring substituents is 1. The Kier molecular flexibility index (Phi) is 8.53. The molecule has 8 heteroatoms. The molecule has 5 rings (SSSR count). The van der Waals surface area contributed by atoms with Gasteiger partial charge in [0.25, 0.3) is 11.6 Å². The van der Waals surface area contributed by atoms with Crippen molar-refractivity contribution in [2.75, 3.05) is 5.32 Å². The van der Waals surface area contributed by atoms with Gasteiger partial charge in [-0.25, -0.2) is 0 Å². The number of nitro benzene ring substituents is 1. The fourth-order valence-electron chi connectivity index (χ4n) is 4.97. The average molecular weight is 591 g/mol. The highest BCUT2D eigenvalue weighted by Crippen LogP contribution is 2.34. The number of carbonyl (C=O) groups is 1. The Morgan fingerprint density at radius 1 is 0.864 bits per heavy atom. The Balaban J connectivity index is 1.24. The molecule has 4 aromatic carbocycles. The molecule has 0 atom stereocenters. The van der Waals surface area contributed by atoms with E-state index in [9.17, 15) is 14.9 Å². The van der Waals surface area contributed by atoms with Gasteiger partial charge in [-0.05, 0) is 78.9 Å². The zero-order chi connectivity index (χ0) is 31.4. The smallest absolute Gasteiger partial charge is 0.291 e. The van der Waals surface area contributed by atoms with Crippen molar-refractivity contribution in [2.24, 2.45) is 0 Å². The molecule has 1 aromatic heterocycles. The molecule has 5 aromatic rings. The number of furan rings is 1. The molecular weight excluding hydrogens is 556 g/mol. The SMILES string of the molecule is Cc1cc(C)c(C)c(Oc2cc(NC(=O)c3ccc(COc4ccc(C(C)(C)c5ccccc5)cc4)o3)cc([N+](=O)[O-])c2)c1. The topological polar surface area (TPSA) is 104 Å². The number of anilines is 1. The lowest BCUT2D eigenvalue weighted by Gasteiger charge is -2.26. The van der Waals surface area contributed by atoms with Crippen LogP contribution in [0.15, 0.2) is 101 Å². The number of hydrogen-bond donors (Lipinski definition) is 1. The highest BCUT2D eigenvalue weighted by molar-refractivity contribution is 6.02. The number of nitro groups is 1. The lowest BCUT2D eigenvalue weighted by molar-refractivity contribution is -0.384. The molecule has 0 saturated heterocycles. The van der Waals surface area contributed by atoms with Crippen LogP contribution in [-0.2, 0) is 12.0 Å². The van der Waals surface area contributed by atoms with Crippen LogP contribution in [-0.4, -0.2) is 10.8 Å². The van der Waals surface area contributed by atoms with E-state index in [0.29, 0.717) is 17.3 Å². The highest BCUT2D eigenvalue weighted by Gasteiger charge is 2.23. The zero-order valence-electron chi connectivity index (χ0n) is 25.3. The molecule has 44 heavy (non-hydrogen) atoms. The number of rotatable bonds is 10. The summed E-state index contributed by atoms with van der Waals surface area (Å²) in [5.74, 6) is 1.43. The third-order valence-electron chi connectivity index (χ3n) is 7.69. The van der Waals surface area contributed by atoms with Crippen molar-refractivity contribution in [1.82, 2.24) is 0 Å². The molecule has 0 spiro atoms. The van der Waals surface area contributed by atoms with Crippen LogP contribution in [0.5, 0.6) is 17.2 Å². The lowest BCUT2D eigenvalue weighted by atomic mass is 9.78. The monoisotopic (exact) mass is 590 g/mol. The van der Waals surface area contributed by atoms with Gasteiger partial charge in [-0.2, -0.15) is 0 Å². The number of nitrogens with zero attached hydrogens (tertiary/aromatic N) is 1. The second kappa shape index (κ2) is 12.5. The minimum absolute atomic E-state index is 0.0442. The Morgan fingerprint density at radius 2 is 1.57 bits per heavy atom. The average Bonchev–Trinajstić information content (AvgIpc) is 3.48. The largest absolute Gasteiger partial charge is 0.486 e. The standard InChI is InChI=1S/C36H34N2O6/c1-23-17-24(2)25(3)34(18-23)44-32-20-28(19-29(21-32)38(40)41)37-35(39)33-16-15-31(43-33)22-42-30-13-11-27(12-14-30)36(4,5)26-9-7-6-8-10-26/h6-21H,22H2,1-5H3,(H,37,39). The molecule has 0 radical (unpaired) electrons. The van der Waals surface area contributed by atoms with Gasteiger partial charge in [0, 0.05) is 17.5 Å². The minimum atomic E-state index is -0.558. The third-order valence-corrected chi connectivity index (χ3v) is 7.69. The summed E-state index contributed by atoms with van der Waals surface area (Å²) in [6, 6.07) is 29.5. The molecule has 8 nitrogen and oxygen atoms in total. The number of carbonyl (C=O) groups excluding carboxylic acids is 1. The number of hydrogen-bond acceptors (Lipinski definition) is 6. The molecule has 1 heterocycles. The number of benzene rings is 4. The summed E-state index contributed by atoms with van der Waals surface area (Å²) in [7, 11) is 0. The summed E-state index contributed by atoms with van der Waals surface area (Å²) in [4.78, 5) is 24.1. The van der Waals surface area contributed by atoms with Gasteiger partial charge in [-0.3, -0.25) is 14.9 Å². The number of amides is 1. The molecule has 224 valence electrons. The molecular formula is C36H34N2O6. The van der Waals surface area contributed by atoms with Crippen molar-refractivity contribution in [3.05, 3.63) is 147 Å². The second-order valence-corrected chi connectivity index (χ2v) is 11.3. The molecule has 0 fully saturated rings. The summed E-state index contributed by atoms with van der Waals surface area (Å²) in [6.45, 7) is 10.3. The van der Waals surface area contributed by atoms with Gasteiger partial charge in [0.15, 0.2) is 5.76 Å². The van der Waals surface area contributed by atoms with Gasteiger partial charge in [-0.15, -0.1) is 0 Å². The van der Waals surface area contributed by atoms with Crippen molar-refractivity contribution < 1.29 is 23.6 Å². The van der Waals surface area contributed by atoms with Crippen LogP contribution in [0.1, 0.15) is 58.0 Å². The quantitative estimate of drug-likeness (QED) is 0.129. The maximum Gasteiger partial charge on any atom is 0.291 e. The van der Waals surface area contributed by atoms with Crippen LogP contribution in [0.25, 0.3) is 0 Å². The van der Waals surface area contributed by atoms with Crippen molar-refractivity contribution in [3.8, 4) is 17.2 Å². The molecule has 0 aliphatic carbocycles. The van der Waals surface area contributed by atoms with Crippen molar-refractivity contribution >= 4 is 17.3 Å². The van der Waals surface area contributed by atoms with Crippen LogP contribution >= 0.6 is 0 Å². The van der Waals surface area contributed by atoms with Crippen molar-refractivity contribution in [3.63, 3.8) is 0 Å². The molecule has 0 aliphatic heterocycles. The summed E-state index contributed by atoms with van der Waals surface area (Å²) in [5, 5.41) is 14.3. The zero-order valence-corrected chi connectivity index (χ0v) is 25.3. The second-order valence-electron chi connectivity index (χ2n) is 11.3. The van der Waals surface area contributed by atoms with Crippen molar-refractivity contribution in [2.45, 2.75) is 46.6 Å². The molecule has 0 unspecified atom stereocenters. The fourth-order valence-corrected chi connectivity index (χ4v) is 4.97. The molecule has 1 N–H and O–H groups in total. The van der Waals surface area contributed by atoms with Crippen LogP contribution in [0.2, 0.25) is 0 Å². The number of nitrogens with one attached hydrogen (secondary N) is 1. The third kappa shape index (κ3) is 6.81. The fraction of sp³-hybridized carbons (Fsp3) is 0.194. The number of ether oxygens (including phenoxy) is 2. The maximum atomic E-state index is 13.0. The van der Waals surface area contributed by atoms with Crippen LogP contribution < -0.4 is 14.8 Å². The van der Waals surface area contributed by atoms with E-state index in [1.54, 1.807) is 6.07 Å². The first kappa shape index (κ1) is 30.1. The highest BCUT2D eigenvalue weighted by atomic mass is 16.6. The summed E-state index contributed by atoms with van der Waals surface area (Å²) in [5.41, 5.74) is 5.18. The predicted octanol–water partition coefficient (Wildman–Crippen LogP) is 9.06. The summed E-state index contributed by atoms with van der Waals surface area (Å²) in [6.07, 6.45) is 0. The predicted molar refractivity (Wildman–Crippen MR) is 170 cm³/mol. The molecule has 0 saturated carbocycles. The first-order chi connectivity index (χ1) is 21.0. The van der Waals surface area contributed by atoms with Gasteiger partial charge in [-0.1, -0.05) is 62.4 Å². The summed E-state index contributed by atoms with van der Waals surface area (Å²) < 4.78 is 17.6. The van der Waals surface area contributed by atoms with Gasteiger partial charge in [0.05, 0.1) is 16.7 Å². The van der Waals surface area contributed by atoms with Crippen LogP contribution in [0.4, 0.5) is 11.4 Å². The van der Waals surface area contributed by atoms with Crippen molar-refractivity contribution in [1.29, 1.82) is 0 Å². The maximum absolute atomic E-state index is 13.0. The Hall–Kier alpha value is -5.37. The Labute approximate surface area is 256 Å². The van der Waals surface area contributed by atoms with Gasteiger partial charge in [0.2, 0.25) is 0 Å². The van der Waals surface area contributed by atoms with E-state index < -0.39 is 10.8 Å². The van der Waals surface area contributed by atoms with E-state index in [1.165, 1.54) is 29.8 Å². The molecule has 0 aliphatic rings. The normalized spacial score (nSPS) is 11.2. The first-order valence-corrected chi connectivity index (χ1v) is 14.2. The Morgan fingerprint density at radius 3 is 2.27 bits per heavy atom. The summed E-state index contributed by atoms with van der Waals surface area (Å²) >= 11 is 0. The van der Waals surface area contributed by atoms with Gasteiger partial charge in [0.1, 0.15) is 29.6 Å². The van der Waals surface area contributed by atoms with E-state index in [0.717, 1.165) is 22.3 Å². The van der Waals surface area contributed by atoms with Crippen LogP contribution in [0.3, 0.4) is 0 Å². The lowest BCUT2D eigenvalue weighted by Crippen LogP contribution is -2.18. The van der Waals surface area contributed by atoms with Gasteiger partial charge >= 0.3 is 0 Å². The molecule has 0 bridgehead atoms. The first-order valence-electron chi connectivity index (χ1n) is 14.2.